The highest BCUT2D eigenvalue weighted by molar-refractivity contribution is 5.94. The third kappa shape index (κ3) is 1.69. The van der Waals surface area contributed by atoms with Crippen molar-refractivity contribution in [2.45, 2.75) is 69.9 Å². The summed E-state index contributed by atoms with van der Waals surface area (Å²) in [5, 5.41) is 44.9. The number of fused-ring (bicyclic) bond motifs is 3. The van der Waals surface area contributed by atoms with Crippen LogP contribution in [0.15, 0.2) is 12.2 Å². The Labute approximate surface area is 164 Å². The Morgan fingerprint density at radius 2 is 1.86 bits per heavy atom. The SMILES string of the molecule is C=C1C2CC(O)C3C45CCC(OC4OC)C(C)(C)C5C(O)C(=O)C3(C1O)C2O. The van der Waals surface area contributed by atoms with Crippen LogP contribution in [0.2, 0.25) is 0 Å². The van der Waals surface area contributed by atoms with E-state index in [9.17, 15) is 25.2 Å². The molecule has 0 radical (unpaired) electrons. The maximum Gasteiger partial charge on any atom is 0.173 e. The van der Waals surface area contributed by atoms with Gasteiger partial charge in [0.2, 0.25) is 0 Å². The maximum atomic E-state index is 13.7. The van der Waals surface area contributed by atoms with E-state index in [0.717, 1.165) is 0 Å². The molecule has 2 heterocycles. The molecule has 11 unspecified atom stereocenters. The number of Topliss-reactive ketones (excluding diaryl/α,β-unsaturated/α-hetero) is 1. The topological polar surface area (TPSA) is 116 Å². The van der Waals surface area contributed by atoms with E-state index in [4.69, 9.17) is 9.47 Å². The van der Waals surface area contributed by atoms with Gasteiger partial charge >= 0.3 is 0 Å². The van der Waals surface area contributed by atoms with Crippen LogP contribution in [0.25, 0.3) is 0 Å². The Morgan fingerprint density at radius 1 is 1.18 bits per heavy atom. The minimum Gasteiger partial charge on any atom is -0.393 e. The van der Waals surface area contributed by atoms with Crippen molar-refractivity contribution < 1.29 is 34.7 Å². The maximum absolute atomic E-state index is 13.7. The molecule has 7 nitrogen and oxygen atoms in total. The number of hydrogen-bond acceptors (Lipinski definition) is 7. The van der Waals surface area contributed by atoms with Crippen LogP contribution in [-0.4, -0.2) is 70.1 Å². The number of rotatable bonds is 1. The highest BCUT2D eigenvalue weighted by Gasteiger charge is 2.82. The number of hydrogen-bond donors (Lipinski definition) is 4. The molecule has 4 saturated carbocycles. The summed E-state index contributed by atoms with van der Waals surface area (Å²) in [6.07, 6.45) is -4.20. The van der Waals surface area contributed by atoms with E-state index in [2.05, 4.69) is 6.58 Å². The summed E-state index contributed by atoms with van der Waals surface area (Å²) in [5.41, 5.74) is -2.73. The first-order chi connectivity index (χ1) is 13.1. The van der Waals surface area contributed by atoms with Gasteiger partial charge in [0.15, 0.2) is 12.1 Å². The zero-order valence-electron chi connectivity index (χ0n) is 16.5. The van der Waals surface area contributed by atoms with Crippen molar-refractivity contribution in [2.24, 2.45) is 34.0 Å². The Balaban J connectivity index is 1.81. The third-order valence-corrected chi connectivity index (χ3v) is 9.13. The Morgan fingerprint density at radius 3 is 2.50 bits per heavy atom. The molecule has 0 amide bonds. The van der Waals surface area contributed by atoms with Crippen molar-refractivity contribution >= 4 is 5.78 Å². The van der Waals surface area contributed by atoms with Crippen molar-refractivity contribution in [3.05, 3.63) is 12.2 Å². The summed E-state index contributed by atoms with van der Waals surface area (Å²) in [4.78, 5) is 13.7. The molecular weight excluding hydrogens is 364 g/mol. The van der Waals surface area contributed by atoms with E-state index in [-0.39, 0.29) is 12.5 Å². The fourth-order valence-corrected chi connectivity index (χ4v) is 8.26. The third-order valence-electron chi connectivity index (χ3n) is 9.13. The van der Waals surface area contributed by atoms with Crippen LogP contribution in [0, 0.1) is 34.0 Å². The molecule has 0 aromatic carbocycles. The lowest BCUT2D eigenvalue weighted by atomic mass is 9.36. The Hall–Kier alpha value is -0.830. The zero-order valence-corrected chi connectivity index (χ0v) is 16.5. The van der Waals surface area contributed by atoms with E-state index in [0.29, 0.717) is 18.4 Å². The monoisotopic (exact) mass is 394 g/mol. The van der Waals surface area contributed by atoms with E-state index >= 15 is 0 Å². The van der Waals surface area contributed by atoms with Crippen molar-refractivity contribution in [3.8, 4) is 0 Å². The number of ketones is 1. The van der Waals surface area contributed by atoms with Gasteiger partial charge < -0.3 is 29.9 Å². The van der Waals surface area contributed by atoms with Crippen LogP contribution in [0.3, 0.4) is 0 Å². The van der Waals surface area contributed by atoms with Gasteiger partial charge in [-0.3, -0.25) is 4.79 Å². The minimum atomic E-state index is -1.68. The largest absolute Gasteiger partial charge is 0.393 e. The molecule has 6 aliphatic rings. The van der Waals surface area contributed by atoms with Crippen molar-refractivity contribution in [2.75, 3.05) is 7.11 Å². The second-order valence-corrected chi connectivity index (χ2v) is 10.2. The number of aliphatic hydroxyl groups is 4. The van der Waals surface area contributed by atoms with E-state index in [1.165, 1.54) is 7.11 Å². The molecule has 11 atom stereocenters. The number of carbonyl (C=O) groups is 1. The van der Waals surface area contributed by atoms with Gasteiger partial charge in [0.05, 0.1) is 29.8 Å². The molecule has 4 aliphatic carbocycles. The van der Waals surface area contributed by atoms with Gasteiger partial charge in [-0.1, -0.05) is 20.4 Å². The van der Waals surface area contributed by atoms with Crippen LogP contribution in [0.5, 0.6) is 0 Å². The molecule has 28 heavy (non-hydrogen) atoms. The average Bonchev–Trinajstić information content (AvgIpc) is 2.76. The lowest BCUT2D eigenvalue weighted by Crippen LogP contribution is -2.80. The average molecular weight is 394 g/mol. The Bertz CT molecular complexity index is 749. The second kappa shape index (κ2) is 5.45. The van der Waals surface area contributed by atoms with E-state index in [1.807, 2.05) is 13.8 Å². The quantitative estimate of drug-likeness (QED) is 0.463. The molecule has 2 aliphatic heterocycles. The lowest BCUT2D eigenvalue weighted by molar-refractivity contribution is -0.389. The number of carbonyl (C=O) groups excluding carboxylic acids is 1. The van der Waals surface area contributed by atoms with Crippen LogP contribution in [0.1, 0.15) is 33.1 Å². The van der Waals surface area contributed by atoms with Crippen LogP contribution in [-0.2, 0) is 14.3 Å². The minimum absolute atomic E-state index is 0.178. The smallest absolute Gasteiger partial charge is 0.173 e. The van der Waals surface area contributed by atoms with Gasteiger partial charge in [0.1, 0.15) is 6.10 Å². The van der Waals surface area contributed by atoms with Gasteiger partial charge in [-0.25, -0.2) is 0 Å². The molecule has 6 fully saturated rings. The molecule has 2 spiro atoms. The summed E-state index contributed by atoms with van der Waals surface area (Å²) < 4.78 is 12.0. The highest BCUT2D eigenvalue weighted by Crippen LogP contribution is 2.74. The summed E-state index contributed by atoms with van der Waals surface area (Å²) in [6, 6.07) is 0. The van der Waals surface area contributed by atoms with Crippen LogP contribution >= 0.6 is 0 Å². The van der Waals surface area contributed by atoms with Crippen molar-refractivity contribution in [1.82, 2.24) is 0 Å². The summed E-state index contributed by atoms with van der Waals surface area (Å²) in [6.45, 7) is 7.88. The molecule has 0 aromatic heterocycles. The van der Waals surface area contributed by atoms with Crippen LogP contribution in [0.4, 0.5) is 0 Å². The molecule has 6 rings (SSSR count). The van der Waals surface area contributed by atoms with Crippen molar-refractivity contribution in [1.29, 1.82) is 0 Å². The number of methoxy groups -OCH3 is 1. The lowest BCUT2D eigenvalue weighted by Gasteiger charge is -2.72. The normalized spacial score (nSPS) is 59.2. The summed E-state index contributed by atoms with van der Waals surface area (Å²) >= 11 is 0. The predicted molar refractivity (Wildman–Crippen MR) is 96.8 cm³/mol. The van der Waals surface area contributed by atoms with Crippen molar-refractivity contribution in [3.63, 3.8) is 0 Å². The standard InChI is InChI=1S/C21H30O7/c1-8-9-7-10(22)13-20-6-5-11(28-18(20)27-4)19(2,3)14(20)12(23)17(26)21(13,15(8)24)16(9)25/h9-16,18,22-25H,1,5-7H2,2-4H3. The van der Waals surface area contributed by atoms with Gasteiger partial charge in [0, 0.05) is 30.3 Å². The van der Waals surface area contributed by atoms with Gasteiger partial charge in [-0.2, -0.15) is 0 Å². The molecule has 7 heteroatoms. The molecule has 4 N–H and O–H groups in total. The van der Waals surface area contributed by atoms with Gasteiger partial charge in [-0.15, -0.1) is 0 Å². The van der Waals surface area contributed by atoms with Gasteiger partial charge in [0.25, 0.3) is 0 Å². The van der Waals surface area contributed by atoms with Crippen LogP contribution < -0.4 is 0 Å². The predicted octanol–water partition coefficient (Wildman–Crippen LogP) is -0.00110. The second-order valence-electron chi connectivity index (χ2n) is 10.2. The first-order valence-electron chi connectivity index (χ1n) is 10.2. The Kier molecular flexibility index (Phi) is 3.73. The number of aliphatic hydroxyl groups excluding tert-OH is 4. The van der Waals surface area contributed by atoms with E-state index < -0.39 is 70.5 Å². The number of ether oxygens (including phenoxy) is 2. The fraction of sp³-hybridized carbons (Fsp3) is 0.857. The highest BCUT2D eigenvalue weighted by atomic mass is 16.7. The molecule has 2 saturated heterocycles. The van der Waals surface area contributed by atoms with E-state index in [1.54, 1.807) is 0 Å². The molecular formula is C21H30O7. The molecule has 156 valence electrons. The molecule has 4 bridgehead atoms. The first kappa shape index (κ1) is 19.2. The summed E-state index contributed by atoms with van der Waals surface area (Å²) in [5.74, 6) is -2.43. The van der Waals surface area contributed by atoms with Gasteiger partial charge in [-0.05, 0) is 30.3 Å². The zero-order chi connectivity index (χ0) is 20.4. The first-order valence-corrected chi connectivity index (χ1v) is 10.2. The fourth-order valence-electron chi connectivity index (χ4n) is 8.26. The molecule has 0 aromatic rings. The summed E-state index contributed by atoms with van der Waals surface area (Å²) in [7, 11) is 1.53.